The van der Waals surface area contributed by atoms with Gasteiger partial charge in [0.15, 0.2) is 0 Å². The molecule has 0 aliphatic carbocycles. The van der Waals surface area contributed by atoms with E-state index in [1.165, 1.54) is 19.3 Å². The number of rotatable bonds is 4. The fourth-order valence-electron chi connectivity index (χ4n) is 1.28. The minimum Gasteiger partial charge on any atom is -0.0648 e. The molecule has 1 radical (unpaired) electrons. The zero-order valence-corrected chi connectivity index (χ0v) is 8.12. The van der Waals surface area contributed by atoms with E-state index in [4.69, 9.17) is 0 Å². The molecule has 10 heavy (non-hydrogen) atoms. The van der Waals surface area contributed by atoms with Crippen molar-refractivity contribution in [1.82, 2.24) is 0 Å². The van der Waals surface area contributed by atoms with Crippen LogP contribution in [0.5, 0.6) is 0 Å². The molecular weight excluding hydrogens is 120 g/mol. The molecule has 0 amide bonds. The Balaban J connectivity index is 4.02. The monoisotopic (exact) mass is 141 g/mol. The van der Waals surface area contributed by atoms with E-state index in [9.17, 15) is 0 Å². The van der Waals surface area contributed by atoms with E-state index < -0.39 is 0 Å². The highest BCUT2D eigenvalue weighted by Crippen LogP contribution is 2.37. The van der Waals surface area contributed by atoms with Gasteiger partial charge in [-0.1, -0.05) is 47.5 Å². The highest BCUT2D eigenvalue weighted by atomic mass is 14.3. The first kappa shape index (κ1) is 10.0. The van der Waals surface area contributed by atoms with Crippen LogP contribution in [-0.2, 0) is 0 Å². The molecule has 0 N–H and O–H groups in total. The molecule has 0 heterocycles. The summed E-state index contributed by atoms with van der Waals surface area (Å²) in [6.45, 7) is 11.5. The Kier molecular flexibility index (Phi) is 4.00. The standard InChI is InChI=1S/C10H21/c1-6-9(4)10(5,7-2)8-3/h6-8H2,1-5H3. The van der Waals surface area contributed by atoms with Gasteiger partial charge in [-0.2, -0.15) is 0 Å². The summed E-state index contributed by atoms with van der Waals surface area (Å²) in [4.78, 5) is 0. The van der Waals surface area contributed by atoms with Crippen LogP contribution in [0, 0.1) is 11.3 Å². The molecule has 0 saturated carbocycles. The van der Waals surface area contributed by atoms with Crippen molar-refractivity contribution in [2.45, 2.75) is 53.9 Å². The SMILES string of the molecule is CC[C](C)C(C)(CC)CC. The van der Waals surface area contributed by atoms with Crippen molar-refractivity contribution in [2.75, 3.05) is 0 Å². The molecule has 0 fully saturated rings. The lowest BCUT2D eigenvalue weighted by Crippen LogP contribution is -2.21. The van der Waals surface area contributed by atoms with Crippen LogP contribution in [0.4, 0.5) is 0 Å². The average molecular weight is 141 g/mol. The molecular formula is C10H21. The first-order valence-corrected chi connectivity index (χ1v) is 4.43. The Morgan fingerprint density at radius 3 is 1.60 bits per heavy atom. The zero-order valence-electron chi connectivity index (χ0n) is 8.12. The van der Waals surface area contributed by atoms with Crippen LogP contribution in [0.2, 0.25) is 0 Å². The van der Waals surface area contributed by atoms with E-state index in [1.807, 2.05) is 0 Å². The van der Waals surface area contributed by atoms with Gasteiger partial charge in [0.1, 0.15) is 0 Å². The summed E-state index contributed by atoms with van der Waals surface area (Å²) >= 11 is 0. The van der Waals surface area contributed by atoms with Gasteiger partial charge in [-0.25, -0.2) is 0 Å². The Labute approximate surface area is 66.0 Å². The maximum atomic E-state index is 2.37. The second-order valence-corrected chi connectivity index (χ2v) is 3.40. The van der Waals surface area contributed by atoms with Crippen LogP contribution in [0.3, 0.4) is 0 Å². The predicted octanol–water partition coefficient (Wildman–Crippen LogP) is 3.82. The van der Waals surface area contributed by atoms with Crippen LogP contribution in [-0.4, -0.2) is 0 Å². The molecule has 0 nitrogen and oxygen atoms in total. The van der Waals surface area contributed by atoms with E-state index in [1.54, 1.807) is 5.92 Å². The third-order valence-electron chi connectivity index (χ3n) is 3.12. The van der Waals surface area contributed by atoms with Crippen molar-refractivity contribution in [2.24, 2.45) is 5.41 Å². The summed E-state index contributed by atoms with van der Waals surface area (Å²) in [6.07, 6.45) is 3.80. The summed E-state index contributed by atoms with van der Waals surface area (Å²) in [5, 5.41) is 0. The van der Waals surface area contributed by atoms with Gasteiger partial charge in [0, 0.05) is 0 Å². The van der Waals surface area contributed by atoms with E-state index in [0.717, 1.165) is 0 Å². The number of hydrogen-bond acceptors (Lipinski definition) is 0. The summed E-state index contributed by atoms with van der Waals surface area (Å²) in [6, 6.07) is 0. The highest BCUT2D eigenvalue weighted by molar-refractivity contribution is 4.98. The predicted molar refractivity (Wildman–Crippen MR) is 47.9 cm³/mol. The summed E-state index contributed by atoms with van der Waals surface area (Å²) in [5.74, 6) is 1.65. The van der Waals surface area contributed by atoms with Crippen LogP contribution >= 0.6 is 0 Å². The van der Waals surface area contributed by atoms with Crippen LogP contribution in [0.15, 0.2) is 0 Å². The molecule has 0 unspecified atom stereocenters. The Hall–Kier alpha value is 0. The van der Waals surface area contributed by atoms with E-state index in [2.05, 4.69) is 34.6 Å². The van der Waals surface area contributed by atoms with E-state index in [0.29, 0.717) is 5.41 Å². The minimum atomic E-state index is 0.509. The Morgan fingerprint density at radius 2 is 1.50 bits per heavy atom. The molecule has 0 spiro atoms. The second kappa shape index (κ2) is 4.00. The van der Waals surface area contributed by atoms with E-state index in [-0.39, 0.29) is 0 Å². The smallest absolute Gasteiger partial charge is 0.0216 e. The lowest BCUT2D eigenvalue weighted by Gasteiger charge is -2.32. The van der Waals surface area contributed by atoms with Crippen molar-refractivity contribution >= 4 is 0 Å². The molecule has 0 atom stereocenters. The third-order valence-corrected chi connectivity index (χ3v) is 3.12. The van der Waals surface area contributed by atoms with Gasteiger partial charge in [-0.05, 0) is 17.8 Å². The maximum absolute atomic E-state index is 2.37. The fraction of sp³-hybridized carbons (Fsp3) is 0.900. The van der Waals surface area contributed by atoms with Crippen LogP contribution in [0.25, 0.3) is 0 Å². The zero-order chi connectivity index (χ0) is 8.20. The second-order valence-electron chi connectivity index (χ2n) is 3.40. The average Bonchev–Trinajstić information content (AvgIpc) is 2.01. The summed E-state index contributed by atoms with van der Waals surface area (Å²) in [5.41, 5.74) is 0.509. The molecule has 0 bridgehead atoms. The number of hydrogen-bond donors (Lipinski definition) is 0. The molecule has 0 aliphatic heterocycles. The Bertz CT molecular complexity index is 80.0. The lowest BCUT2D eigenvalue weighted by atomic mass is 9.73. The van der Waals surface area contributed by atoms with Crippen molar-refractivity contribution in [1.29, 1.82) is 0 Å². The third kappa shape index (κ3) is 2.00. The van der Waals surface area contributed by atoms with Crippen molar-refractivity contribution < 1.29 is 0 Å². The molecule has 0 heteroatoms. The lowest BCUT2D eigenvalue weighted by molar-refractivity contribution is 0.307. The summed E-state index contributed by atoms with van der Waals surface area (Å²) < 4.78 is 0. The molecule has 61 valence electrons. The minimum absolute atomic E-state index is 0.509. The van der Waals surface area contributed by atoms with Gasteiger partial charge in [-0.15, -0.1) is 0 Å². The molecule has 0 saturated heterocycles. The molecule has 0 aliphatic rings. The molecule has 0 rings (SSSR count). The van der Waals surface area contributed by atoms with Gasteiger partial charge >= 0.3 is 0 Å². The van der Waals surface area contributed by atoms with Gasteiger partial charge < -0.3 is 0 Å². The Morgan fingerprint density at radius 1 is 1.10 bits per heavy atom. The fourth-order valence-corrected chi connectivity index (χ4v) is 1.28. The maximum Gasteiger partial charge on any atom is -0.0216 e. The van der Waals surface area contributed by atoms with Gasteiger partial charge in [0.25, 0.3) is 0 Å². The van der Waals surface area contributed by atoms with Gasteiger partial charge in [-0.3, -0.25) is 0 Å². The van der Waals surface area contributed by atoms with Crippen molar-refractivity contribution in [3.05, 3.63) is 5.92 Å². The normalized spacial score (nSPS) is 12.6. The first-order chi connectivity index (χ1) is 4.60. The van der Waals surface area contributed by atoms with Gasteiger partial charge in [0.2, 0.25) is 0 Å². The first-order valence-electron chi connectivity index (χ1n) is 4.43. The highest BCUT2D eigenvalue weighted by Gasteiger charge is 2.25. The van der Waals surface area contributed by atoms with Crippen molar-refractivity contribution in [3.63, 3.8) is 0 Å². The molecule has 0 aromatic rings. The topological polar surface area (TPSA) is 0 Å². The van der Waals surface area contributed by atoms with Crippen LogP contribution in [0.1, 0.15) is 53.9 Å². The van der Waals surface area contributed by atoms with E-state index >= 15 is 0 Å². The van der Waals surface area contributed by atoms with Crippen molar-refractivity contribution in [3.8, 4) is 0 Å². The van der Waals surface area contributed by atoms with Crippen LogP contribution < -0.4 is 0 Å². The molecule has 0 aromatic heterocycles. The quantitative estimate of drug-likeness (QED) is 0.558. The largest absolute Gasteiger partial charge is 0.0648 e. The molecule has 0 aromatic carbocycles. The summed E-state index contributed by atoms with van der Waals surface area (Å²) in [7, 11) is 0. The van der Waals surface area contributed by atoms with Gasteiger partial charge in [0.05, 0.1) is 0 Å².